The maximum atomic E-state index is 11.9. The SMILES string of the molecule is CCOC(=O)CCN/C=C(/C#N)C(=O)NCCc1ccc(O)cc1. The number of nitrogens with zero attached hydrogens (tertiary/aromatic N) is 1. The molecule has 0 fully saturated rings. The molecule has 0 aromatic heterocycles. The summed E-state index contributed by atoms with van der Waals surface area (Å²) in [7, 11) is 0. The van der Waals surface area contributed by atoms with Gasteiger partial charge in [0.15, 0.2) is 0 Å². The summed E-state index contributed by atoms with van der Waals surface area (Å²) in [5.41, 5.74) is 0.896. The first-order valence-corrected chi connectivity index (χ1v) is 7.62. The van der Waals surface area contributed by atoms with Gasteiger partial charge in [0.1, 0.15) is 17.4 Å². The van der Waals surface area contributed by atoms with Crippen LogP contribution in [0.5, 0.6) is 5.75 Å². The molecule has 1 amide bonds. The van der Waals surface area contributed by atoms with Crippen LogP contribution in [0.3, 0.4) is 0 Å². The number of nitrogens with one attached hydrogen (secondary N) is 2. The number of phenolic OH excluding ortho intramolecular Hbond substituents is 1. The van der Waals surface area contributed by atoms with Crippen molar-refractivity contribution in [1.29, 1.82) is 5.26 Å². The lowest BCUT2D eigenvalue weighted by Gasteiger charge is -2.06. The molecule has 0 saturated carbocycles. The fourth-order valence-corrected chi connectivity index (χ4v) is 1.81. The van der Waals surface area contributed by atoms with Crippen LogP contribution in [-0.2, 0) is 20.7 Å². The van der Waals surface area contributed by atoms with Gasteiger partial charge < -0.3 is 20.5 Å². The molecule has 7 nitrogen and oxygen atoms in total. The van der Waals surface area contributed by atoms with Gasteiger partial charge in [-0.05, 0) is 31.0 Å². The normalized spacial score (nSPS) is 10.6. The molecule has 0 bridgehead atoms. The summed E-state index contributed by atoms with van der Waals surface area (Å²) >= 11 is 0. The molecule has 128 valence electrons. The largest absolute Gasteiger partial charge is 0.508 e. The van der Waals surface area contributed by atoms with Crippen LogP contribution >= 0.6 is 0 Å². The van der Waals surface area contributed by atoms with Crippen LogP contribution in [0.25, 0.3) is 0 Å². The Labute approximate surface area is 140 Å². The Kier molecular flexibility index (Phi) is 8.47. The molecule has 0 unspecified atom stereocenters. The predicted molar refractivity (Wildman–Crippen MR) is 87.8 cm³/mol. The molecule has 0 radical (unpaired) electrons. The molecule has 0 spiro atoms. The molecule has 7 heteroatoms. The van der Waals surface area contributed by atoms with Gasteiger partial charge in [-0.25, -0.2) is 0 Å². The van der Waals surface area contributed by atoms with E-state index in [0.717, 1.165) is 5.56 Å². The first-order chi connectivity index (χ1) is 11.6. The third-order valence-corrected chi connectivity index (χ3v) is 3.03. The van der Waals surface area contributed by atoms with E-state index < -0.39 is 5.91 Å². The number of nitriles is 1. The maximum Gasteiger partial charge on any atom is 0.307 e. The zero-order chi connectivity index (χ0) is 17.8. The van der Waals surface area contributed by atoms with Gasteiger partial charge in [-0.15, -0.1) is 0 Å². The molecule has 0 aliphatic rings. The molecule has 0 atom stereocenters. The van der Waals surface area contributed by atoms with Crippen LogP contribution in [0.15, 0.2) is 36.0 Å². The minimum Gasteiger partial charge on any atom is -0.508 e. The number of carbonyl (C=O) groups is 2. The van der Waals surface area contributed by atoms with Crippen molar-refractivity contribution in [3.63, 3.8) is 0 Å². The Morgan fingerprint density at radius 1 is 1.29 bits per heavy atom. The van der Waals surface area contributed by atoms with Crippen molar-refractivity contribution in [3.05, 3.63) is 41.6 Å². The topological polar surface area (TPSA) is 111 Å². The number of rotatable bonds is 9. The Balaban J connectivity index is 2.34. The summed E-state index contributed by atoms with van der Waals surface area (Å²) in [5, 5.41) is 23.6. The number of benzene rings is 1. The van der Waals surface area contributed by atoms with E-state index in [9.17, 15) is 14.7 Å². The molecule has 0 aliphatic heterocycles. The van der Waals surface area contributed by atoms with Crippen molar-refractivity contribution >= 4 is 11.9 Å². The van der Waals surface area contributed by atoms with E-state index in [-0.39, 0.29) is 30.3 Å². The smallest absolute Gasteiger partial charge is 0.307 e. The van der Waals surface area contributed by atoms with E-state index in [1.807, 2.05) is 6.07 Å². The number of amides is 1. The number of hydrogen-bond donors (Lipinski definition) is 3. The summed E-state index contributed by atoms with van der Waals surface area (Å²) in [6.07, 6.45) is 2.03. The van der Waals surface area contributed by atoms with E-state index in [4.69, 9.17) is 10.00 Å². The van der Waals surface area contributed by atoms with Gasteiger partial charge in [0.2, 0.25) is 0 Å². The van der Waals surface area contributed by atoms with Crippen molar-refractivity contribution in [1.82, 2.24) is 10.6 Å². The molecular formula is C17H21N3O4. The van der Waals surface area contributed by atoms with Crippen LogP contribution < -0.4 is 10.6 Å². The number of phenols is 1. The number of hydrogen-bond acceptors (Lipinski definition) is 6. The van der Waals surface area contributed by atoms with Crippen LogP contribution in [0.2, 0.25) is 0 Å². The highest BCUT2D eigenvalue weighted by Crippen LogP contribution is 2.09. The lowest BCUT2D eigenvalue weighted by molar-refractivity contribution is -0.142. The third-order valence-electron chi connectivity index (χ3n) is 3.03. The molecule has 1 aromatic carbocycles. The van der Waals surface area contributed by atoms with Gasteiger partial charge in [-0.3, -0.25) is 9.59 Å². The summed E-state index contributed by atoms with van der Waals surface area (Å²) in [4.78, 5) is 23.0. The first kappa shape index (κ1) is 19.0. The average molecular weight is 331 g/mol. The van der Waals surface area contributed by atoms with E-state index in [1.165, 1.54) is 6.20 Å². The lowest BCUT2D eigenvalue weighted by atomic mass is 10.1. The minimum absolute atomic E-state index is 0.0652. The average Bonchev–Trinajstić information content (AvgIpc) is 2.57. The van der Waals surface area contributed by atoms with Gasteiger partial charge in [0, 0.05) is 19.3 Å². The van der Waals surface area contributed by atoms with Gasteiger partial charge in [0.25, 0.3) is 5.91 Å². The summed E-state index contributed by atoms with van der Waals surface area (Å²) in [6.45, 7) is 2.69. The maximum absolute atomic E-state index is 11.9. The monoisotopic (exact) mass is 331 g/mol. The van der Waals surface area contributed by atoms with Gasteiger partial charge in [-0.1, -0.05) is 12.1 Å². The van der Waals surface area contributed by atoms with Crippen molar-refractivity contribution in [2.75, 3.05) is 19.7 Å². The summed E-state index contributed by atoms with van der Waals surface area (Å²) in [6, 6.07) is 8.48. The fraction of sp³-hybridized carbons (Fsp3) is 0.353. The van der Waals surface area contributed by atoms with E-state index in [1.54, 1.807) is 31.2 Å². The lowest BCUT2D eigenvalue weighted by Crippen LogP contribution is -2.28. The van der Waals surface area contributed by atoms with E-state index in [2.05, 4.69) is 10.6 Å². The molecule has 3 N–H and O–H groups in total. The quantitative estimate of drug-likeness (QED) is 0.269. The fourth-order valence-electron chi connectivity index (χ4n) is 1.81. The molecule has 1 aromatic rings. The molecule has 1 rings (SSSR count). The van der Waals surface area contributed by atoms with Crippen molar-refractivity contribution in [2.45, 2.75) is 19.8 Å². The minimum atomic E-state index is -0.486. The van der Waals surface area contributed by atoms with Gasteiger partial charge in [-0.2, -0.15) is 5.26 Å². The highest BCUT2D eigenvalue weighted by molar-refractivity contribution is 5.97. The summed E-state index contributed by atoms with van der Waals surface area (Å²) in [5.74, 6) is -0.637. The zero-order valence-corrected chi connectivity index (χ0v) is 13.5. The number of carbonyl (C=O) groups excluding carboxylic acids is 2. The van der Waals surface area contributed by atoms with Crippen molar-refractivity contribution in [3.8, 4) is 11.8 Å². The second-order valence-corrected chi connectivity index (χ2v) is 4.85. The number of aromatic hydroxyl groups is 1. The van der Waals surface area contributed by atoms with Crippen molar-refractivity contribution < 1.29 is 19.4 Å². The molecule has 24 heavy (non-hydrogen) atoms. The predicted octanol–water partition coefficient (Wildman–Crippen LogP) is 1.00. The van der Waals surface area contributed by atoms with Gasteiger partial charge in [0.05, 0.1) is 13.0 Å². The Morgan fingerprint density at radius 3 is 2.62 bits per heavy atom. The Hall–Kier alpha value is -3.01. The van der Waals surface area contributed by atoms with E-state index >= 15 is 0 Å². The highest BCUT2D eigenvalue weighted by Gasteiger charge is 2.08. The van der Waals surface area contributed by atoms with E-state index in [0.29, 0.717) is 19.6 Å². The molecular weight excluding hydrogens is 310 g/mol. The molecule has 0 saturated heterocycles. The molecule has 0 aliphatic carbocycles. The van der Waals surface area contributed by atoms with Crippen LogP contribution in [-0.4, -0.2) is 36.7 Å². The van der Waals surface area contributed by atoms with Crippen LogP contribution in [0.4, 0.5) is 0 Å². The Morgan fingerprint density at radius 2 is 2.00 bits per heavy atom. The van der Waals surface area contributed by atoms with Crippen LogP contribution in [0.1, 0.15) is 18.9 Å². The second-order valence-electron chi connectivity index (χ2n) is 4.85. The first-order valence-electron chi connectivity index (χ1n) is 7.62. The summed E-state index contributed by atoms with van der Waals surface area (Å²) < 4.78 is 4.77. The molecule has 0 heterocycles. The zero-order valence-electron chi connectivity index (χ0n) is 13.5. The number of esters is 1. The highest BCUT2D eigenvalue weighted by atomic mass is 16.5. The van der Waals surface area contributed by atoms with Crippen LogP contribution in [0, 0.1) is 11.3 Å². The standard InChI is InChI=1S/C17H21N3O4/c1-2-24-16(22)8-9-19-12-14(11-18)17(23)20-10-7-13-3-5-15(21)6-4-13/h3-6,12,19,21H,2,7-10H2,1H3,(H,20,23)/b14-12-. The van der Waals surface area contributed by atoms with Crippen molar-refractivity contribution in [2.24, 2.45) is 0 Å². The Bertz CT molecular complexity index is 618. The third kappa shape index (κ3) is 7.31. The second kappa shape index (κ2) is 10.7. The number of ether oxygens (including phenoxy) is 1. The van der Waals surface area contributed by atoms with Gasteiger partial charge >= 0.3 is 5.97 Å².